The first-order valence-corrected chi connectivity index (χ1v) is 7.12. The van der Waals surface area contributed by atoms with E-state index in [4.69, 9.17) is 4.42 Å². The molecule has 0 bridgehead atoms. The quantitative estimate of drug-likeness (QED) is 0.785. The Morgan fingerprint density at radius 3 is 2.77 bits per heavy atom. The van der Waals surface area contributed by atoms with Gasteiger partial charge in [0.05, 0.1) is 17.5 Å². The lowest BCUT2D eigenvalue weighted by Gasteiger charge is -2.00. The Balaban J connectivity index is 1.87. The summed E-state index contributed by atoms with van der Waals surface area (Å²) in [5.41, 5.74) is 1.34. The zero-order valence-corrected chi connectivity index (χ0v) is 12.2. The number of aromatic nitrogens is 1. The van der Waals surface area contributed by atoms with E-state index < -0.39 is 11.6 Å². The van der Waals surface area contributed by atoms with Crippen molar-refractivity contribution in [3.8, 4) is 11.3 Å². The fourth-order valence-corrected chi connectivity index (χ4v) is 2.75. The van der Waals surface area contributed by atoms with Gasteiger partial charge in [-0.15, -0.1) is 11.3 Å². The molecule has 112 valence electrons. The topological polar surface area (TPSA) is 55.1 Å². The number of halogens is 2. The Labute approximate surface area is 128 Å². The highest BCUT2D eigenvalue weighted by atomic mass is 32.1. The lowest BCUT2D eigenvalue weighted by Crippen LogP contribution is -2.10. The van der Waals surface area contributed by atoms with Crippen molar-refractivity contribution in [3.05, 3.63) is 58.9 Å². The monoisotopic (exact) mass is 320 g/mol. The molecule has 3 aromatic rings. The Morgan fingerprint density at radius 2 is 2.09 bits per heavy atom. The number of nitrogens with zero attached hydrogens (tertiary/aromatic N) is 1. The maximum atomic E-state index is 13.3. The van der Waals surface area contributed by atoms with Gasteiger partial charge in [-0.2, -0.15) is 0 Å². The van der Waals surface area contributed by atoms with Crippen LogP contribution in [0.25, 0.3) is 11.3 Å². The first-order chi connectivity index (χ1) is 10.5. The summed E-state index contributed by atoms with van der Waals surface area (Å²) < 4.78 is 31.2. The number of hydrogen-bond donors (Lipinski definition) is 1. The van der Waals surface area contributed by atoms with E-state index in [9.17, 15) is 13.6 Å². The summed E-state index contributed by atoms with van der Waals surface area (Å²) in [5, 5.41) is 3.02. The van der Waals surface area contributed by atoms with Gasteiger partial charge in [-0.3, -0.25) is 10.1 Å². The van der Waals surface area contributed by atoms with Crippen molar-refractivity contribution in [2.45, 2.75) is 6.92 Å². The second-order valence-corrected chi connectivity index (χ2v) is 5.72. The molecule has 0 fully saturated rings. The lowest BCUT2D eigenvalue weighted by atomic mass is 10.1. The minimum Gasteiger partial charge on any atom is -0.472 e. The molecule has 0 spiro atoms. The van der Waals surface area contributed by atoms with Crippen molar-refractivity contribution in [3.63, 3.8) is 0 Å². The molecular weight excluding hydrogens is 310 g/mol. The van der Waals surface area contributed by atoms with Crippen molar-refractivity contribution in [1.82, 2.24) is 4.98 Å². The smallest absolute Gasteiger partial charge is 0.260 e. The van der Waals surface area contributed by atoms with Gasteiger partial charge >= 0.3 is 0 Å². The summed E-state index contributed by atoms with van der Waals surface area (Å²) in [6.07, 6.45) is 2.72. The van der Waals surface area contributed by atoms with E-state index in [0.29, 0.717) is 22.0 Å². The summed E-state index contributed by atoms with van der Waals surface area (Å²) in [7, 11) is 0. The minimum absolute atomic E-state index is 0.348. The molecule has 2 heterocycles. The number of hydrogen-bond acceptors (Lipinski definition) is 4. The van der Waals surface area contributed by atoms with Crippen LogP contribution in [0.4, 0.5) is 13.9 Å². The van der Waals surface area contributed by atoms with E-state index >= 15 is 0 Å². The maximum Gasteiger partial charge on any atom is 0.260 e. The third kappa shape index (κ3) is 2.75. The number of aryl methyl sites for hydroxylation is 1. The molecule has 0 atom stereocenters. The summed E-state index contributed by atoms with van der Waals surface area (Å²) in [4.78, 5) is 17.0. The van der Waals surface area contributed by atoms with Crippen LogP contribution in [-0.4, -0.2) is 10.9 Å². The van der Waals surface area contributed by atoms with Crippen molar-refractivity contribution >= 4 is 22.4 Å². The van der Waals surface area contributed by atoms with Crippen LogP contribution in [0.15, 0.2) is 41.2 Å². The number of furan rings is 1. The number of nitrogens with one attached hydrogen (secondary N) is 1. The van der Waals surface area contributed by atoms with Gasteiger partial charge in [-0.25, -0.2) is 13.8 Å². The molecule has 0 unspecified atom stereocenters. The number of anilines is 1. The second kappa shape index (κ2) is 5.69. The van der Waals surface area contributed by atoms with Gasteiger partial charge < -0.3 is 4.42 Å². The van der Waals surface area contributed by atoms with Crippen LogP contribution in [0.2, 0.25) is 0 Å². The average molecular weight is 320 g/mol. The Hall–Kier alpha value is -2.54. The number of carbonyl (C=O) groups is 1. The summed E-state index contributed by atoms with van der Waals surface area (Å²) in [6, 6.07) is 5.11. The highest BCUT2D eigenvalue weighted by Gasteiger charge is 2.15. The Kier molecular flexibility index (Phi) is 3.72. The van der Waals surface area contributed by atoms with E-state index in [1.54, 1.807) is 6.92 Å². The third-order valence-electron chi connectivity index (χ3n) is 2.99. The van der Waals surface area contributed by atoms with E-state index in [2.05, 4.69) is 10.3 Å². The van der Waals surface area contributed by atoms with Crippen LogP contribution in [-0.2, 0) is 0 Å². The molecule has 2 aromatic heterocycles. The van der Waals surface area contributed by atoms with Crippen molar-refractivity contribution in [2.75, 3.05) is 5.32 Å². The maximum absolute atomic E-state index is 13.3. The van der Waals surface area contributed by atoms with Gasteiger partial charge in [0.2, 0.25) is 0 Å². The molecule has 0 aliphatic rings. The number of rotatable bonds is 3. The highest BCUT2D eigenvalue weighted by molar-refractivity contribution is 7.16. The third-order valence-corrected chi connectivity index (χ3v) is 3.88. The van der Waals surface area contributed by atoms with E-state index in [-0.39, 0.29) is 5.91 Å². The van der Waals surface area contributed by atoms with Gasteiger partial charge in [0, 0.05) is 10.4 Å². The van der Waals surface area contributed by atoms with Gasteiger partial charge in [-0.05, 0) is 31.2 Å². The predicted octanol–water partition coefficient (Wildman–Crippen LogP) is 4.24. The molecule has 22 heavy (non-hydrogen) atoms. The molecule has 0 saturated carbocycles. The van der Waals surface area contributed by atoms with Gasteiger partial charge in [0.15, 0.2) is 16.8 Å². The second-order valence-electron chi connectivity index (χ2n) is 4.52. The molecule has 0 radical (unpaired) electrons. The molecule has 1 N–H and O–H groups in total. The lowest BCUT2D eigenvalue weighted by molar-refractivity contribution is 0.102. The largest absolute Gasteiger partial charge is 0.472 e. The van der Waals surface area contributed by atoms with E-state index in [0.717, 1.165) is 17.0 Å². The Bertz CT molecular complexity index is 828. The highest BCUT2D eigenvalue weighted by Crippen LogP contribution is 2.31. The zero-order chi connectivity index (χ0) is 15.7. The van der Waals surface area contributed by atoms with Crippen LogP contribution in [0, 0.1) is 18.6 Å². The molecule has 1 amide bonds. The fraction of sp³-hybridized carbons (Fsp3) is 0.0667. The molecule has 4 nitrogen and oxygen atoms in total. The number of thiazole rings is 1. The standard InChI is InChI=1S/C15H10F2N2O2S/c1-8-13(9-2-3-11(16)12(17)6-9)18-15(22-8)19-14(20)10-4-5-21-7-10/h2-7H,1H3,(H,18,19,20). The van der Waals surface area contributed by atoms with Crippen molar-refractivity contribution in [2.24, 2.45) is 0 Å². The van der Waals surface area contributed by atoms with Crippen LogP contribution < -0.4 is 5.32 Å². The number of amides is 1. The molecule has 0 aliphatic carbocycles. The van der Waals surface area contributed by atoms with Gasteiger partial charge in [0.1, 0.15) is 6.26 Å². The average Bonchev–Trinajstić information content (AvgIpc) is 3.12. The summed E-state index contributed by atoms with van der Waals surface area (Å²) in [6.45, 7) is 1.79. The number of carbonyl (C=O) groups excluding carboxylic acids is 1. The normalized spacial score (nSPS) is 10.7. The van der Waals surface area contributed by atoms with Crippen molar-refractivity contribution in [1.29, 1.82) is 0 Å². The molecule has 0 saturated heterocycles. The first kappa shape index (κ1) is 14.4. The van der Waals surface area contributed by atoms with Crippen LogP contribution in [0.5, 0.6) is 0 Å². The summed E-state index contributed by atoms with van der Waals surface area (Å²) >= 11 is 1.25. The van der Waals surface area contributed by atoms with Gasteiger partial charge in [0.25, 0.3) is 5.91 Å². The molecule has 7 heteroatoms. The molecular formula is C15H10F2N2O2S. The van der Waals surface area contributed by atoms with E-state index in [1.165, 1.54) is 36.0 Å². The van der Waals surface area contributed by atoms with Gasteiger partial charge in [-0.1, -0.05) is 0 Å². The predicted molar refractivity (Wildman–Crippen MR) is 78.9 cm³/mol. The molecule has 3 rings (SSSR count). The zero-order valence-electron chi connectivity index (χ0n) is 11.4. The Morgan fingerprint density at radius 1 is 1.27 bits per heavy atom. The van der Waals surface area contributed by atoms with Crippen LogP contribution in [0.3, 0.4) is 0 Å². The van der Waals surface area contributed by atoms with Crippen molar-refractivity contribution < 1.29 is 18.0 Å². The molecule has 0 aliphatic heterocycles. The SMILES string of the molecule is Cc1sc(NC(=O)c2ccoc2)nc1-c1ccc(F)c(F)c1. The van der Waals surface area contributed by atoms with Crippen LogP contribution >= 0.6 is 11.3 Å². The minimum atomic E-state index is -0.936. The number of benzene rings is 1. The van der Waals surface area contributed by atoms with E-state index in [1.807, 2.05) is 0 Å². The fourth-order valence-electron chi connectivity index (χ4n) is 1.92. The van der Waals surface area contributed by atoms with Crippen LogP contribution in [0.1, 0.15) is 15.2 Å². The summed E-state index contributed by atoms with van der Waals surface area (Å²) in [5.74, 6) is -2.20. The molecule has 1 aromatic carbocycles. The first-order valence-electron chi connectivity index (χ1n) is 6.31.